The van der Waals surface area contributed by atoms with Crippen molar-refractivity contribution in [1.29, 1.82) is 0 Å². The molecule has 60 valence electrons. The molecule has 0 aliphatic heterocycles. The average Bonchev–Trinajstić information content (AvgIpc) is 2.35. The van der Waals surface area contributed by atoms with Gasteiger partial charge in [0.1, 0.15) is 9.80 Å². The second-order valence-electron chi connectivity index (χ2n) is 2.03. The molecule has 0 aliphatic carbocycles. The van der Waals surface area contributed by atoms with Crippen LogP contribution >= 0.6 is 22.6 Å². The van der Waals surface area contributed by atoms with Crippen LogP contribution in [0.25, 0.3) is 0 Å². The van der Waals surface area contributed by atoms with Crippen LogP contribution < -0.4 is 0 Å². The number of carbonyl (C=O) groups is 1. The summed E-state index contributed by atoms with van der Waals surface area (Å²) in [6.07, 6.45) is 1.69. The molecule has 0 radical (unpaired) electrons. The van der Waals surface area contributed by atoms with E-state index < -0.39 is 0 Å². The third-order valence-electron chi connectivity index (χ3n) is 1.09. The molecule has 1 aromatic rings. The maximum absolute atomic E-state index is 11.1. The van der Waals surface area contributed by atoms with Crippen molar-refractivity contribution in [3.63, 3.8) is 0 Å². The number of hydrogen-bond acceptors (Lipinski definition) is 2. The highest BCUT2D eigenvalue weighted by molar-refractivity contribution is 14.1. The van der Waals surface area contributed by atoms with Crippen LogP contribution in [0.3, 0.4) is 0 Å². The Hall–Kier alpha value is -0.520. The number of aromatic nitrogens is 1. The summed E-state index contributed by atoms with van der Waals surface area (Å²) >= 11 is 2.03. The predicted molar refractivity (Wildman–Crippen MR) is 49.7 cm³/mol. The van der Waals surface area contributed by atoms with Gasteiger partial charge in [0.2, 0.25) is 0 Å². The minimum atomic E-state index is -0.308. The third-order valence-corrected chi connectivity index (χ3v) is 1.34. The Balaban J connectivity index is 2.57. The van der Waals surface area contributed by atoms with Crippen LogP contribution in [-0.2, 0) is 4.74 Å². The van der Waals surface area contributed by atoms with Crippen molar-refractivity contribution in [2.75, 3.05) is 0 Å². The van der Waals surface area contributed by atoms with E-state index in [0.29, 0.717) is 5.69 Å². The van der Waals surface area contributed by atoms with Crippen molar-refractivity contribution < 1.29 is 9.53 Å². The van der Waals surface area contributed by atoms with Gasteiger partial charge < -0.3 is 9.72 Å². The van der Waals surface area contributed by atoms with Gasteiger partial charge in [-0.05, 0) is 41.6 Å². The van der Waals surface area contributed by atoms with Gasteiger partial charge in [-0.3, -0.25) is 0 Å². The van der Waals surface area contributed by atoms with Gasteiger partial charge in [0, 0.05) is 6.20 Å². The SMILES string of the molecule is CC(I)OC(=O)c1ccc[nH]1. The first kappa shape index (κ1) is 8.58. The molecule has 0 saturated heterocycles. The Morgan fingerprint density at radius 3 is 3.00 bits per heavy atom. The van der Waals surface area contributed by atoms with Crippen molar-refractivity contribution in [3.8, 4) is 0 Å². The highest BCUT2D eigenvalue weighted by Gasteiger charge is 2.08. The van der Waals surface area contributed by atoms with Gasteiger partial charge in [0.15, 0.2) is 0 Å². The summed E-state index contributed by atoms with van der Waals surface area (Å²) in [6.45, 7) is 1.81. The van der Waals surface area contributed by atoms with Crippen molar-refractivity contribution in [1.82, 2.24) is 4.98 Å². The van der Waals surface area contributed by atoms with Crippen LogP contribution in [0.15, 0.2) is 18.3 Å². The first-order valence-electron chi connectivity index (χ1n) is 3.18. The lowest BCUT2D eigenvalue weighted by Crippen LogP contribution is -2.09. The second-order valence-corrected chi connectivity index (χ2v) is 3.79. The number of rotatable bonds is 2. The molecule has 4 heteroatoms. The number of hydrogen-bond donors (Lipinski definition) is 1. The number of ether oxygens (including phenoxy) is 1. The van der Waals surface area contributed by atoms with Crippen LogP contribution in [0.1, 0.15) is 17.4 Å². The van der Waals surface area contributed by atoms with Crippen molar-refractivity contribution in [3.05, 3.63) is 24.0 Å². The summed E-state index contributed by atoms with van der Waals surface area (Å²) < 4.78 is 4.82. The van der Waals surface area contributed by atoms with E-state index in [-0.39, 0.29) is 10.1 Å². The predicted octanol–water partition coefficient (Wildman–Crippen LogP) is 1.95. The van der Waals surface area contributed by atoms with E-state index >= 15 is 0 Å². The fourth-order valence-corrected chi connectivity index (χ4v) is 0.899. The molecule has 0 aromatic carbocycles. The summed E-state index contributed by atoms with van der Waals surface area (Å²) in [4.78, 5) is 13.8. The van der Waals surface area contributed by atoms with Gasteiger partial charge in [0.05, 0.1) is 0 Å². The molecule has 3 nitrogen and oxygen atoms in total. The number of H-pyrrole nitrogens is 1. The van der Waals surface area contributed by atoms with E-state index in [2.05, 4.69) is 4.98 Å². The monoisotopic (exact) mass is 265 g/mol. The average molecular weight is 265 g/mol. The first-order chi connectivity index (χ1) is 5.20. The van der Waals surface area contributed by atoms with E-state index in [1.54, 1.807) is 25.3 Å². The van der Waals surface area contributed by atoms with Gasteiger partial charge in [-0.25, -0.2) is 4.79 Å². The number of carbonyl (C=O) groups excluding carboxylic acids is 1. The third kappa shape index (κ3) is 2.53. The zero-order valence-electron chi connectivity index (χ0n) is 6.00. The summed E-state index contributed by atoms with van der Waals surface area (Å²) in [5.74, 6) is -0.308. The van der Waals surface area contributed by atoms with Crippen LogP contribution in [0.4, 0.5) is 0 Å². The van der Waals surface area contributed by atoms with E-state index in [4.69, 9.17) is 4.74 Å². The van der Waals surface area contributed by atoms with Gasteiger partial charge in [0.25, 0.3) is 0 Å². The maximum Gasteiger partial charge on any atom is 0.355 e. The van der Waals surface area contributed by atoms with Crippen LogP contribution in [0, 0.1) is 0 Å². The molecule has 0 spiro atoms. The molecule has 1 heterocycles. The summed E-state index contributed by atoms with van der Waals surface area (Å²) in [6, 6.07) is 3.44. The van der Waals surface area contributed by atoms with Gasteiger partial charge in [-0.15, -0.1) is 0 Å². The fraction of sp³-hybridized carbons (Fsp3) is 0.286. The minimum absolute atomic E-state index is 0.0941. The van der Waals surface area contributed by atoms with E-state index in [0.717, 1.165) is 0 Å². The number of alkyl halides is 1. The Labute approximate surface area is 78.3 Å². The summed E-state index contributed by atoms with van der Waals surface area (Å²) in [5, 5.41) is 0. The van der Waals surface area contributed by atoms with E-state index in [1.165, 1.54) is 0 Å². The Morgan fingerprint density at radius 1 is 1.82 bits per heavy atom. The normalized spacial score (nSPS) is 12.5. The highest BCUT2D eigenvalue weighted by Crippen LogP contribution is 2.05. The Morgan fingerprint density at radius 2 is 2.55 bits per heavy atom. The van der Waals surface area contributed by atoms with Crippen molar-refractivity contribution in [2.45, 2.75) is 11.0 Å². The molecule has 0 amide bonds. The molecule has 0 aliphatic rings. The maximum atomic E-state index is 11.1. The fourth-order valence-electron chi connectivity index (χ4n) is 0.668. The quantitative estimate of drug-likeness (QED) is 0.504. The van der Waals surface area contributed by atoms with Crippen LogP contribution in [-0.4, -0.2) is 15.1 Å². The lowest BCUT2D eigenvalue weighted by Gasteiger charge is -2.03. The minimum Gasteiger partial charge on any atom is -0.447 e. The zero-order valence-corrected chi connectivity index (χ0v) is 8.16. The number of esters is 1. The van der Waals surface area contributed by atoms with E-state index in [1.807, 2.05) is 22.6 Å². The smallest absolute Gasteiger partial charge is 0.355 e. The van der Waals surface area contributed by atoms with Gasteiger partial charge in [-0.1, -0.05) is 0 Å². The van der Waals surface area contributed by atoms with E-state index in [9.17, 15) is 4.79 Å². The largest absolute Gasteiger partial charge is 0.447 e. The van der Waals surface area contributed by atoms with Crippen molar-refractivity contribution >= 4 is 28.6 Å². The molecule has 1 aromatic heterocycles. The standard InChI is InChI=1S/C7H8INO2/c1-5(8)11-7(10)6-3-2-4-9-6/h2-5,9H,1H3. The number of halogens is 1. The summed E-state index contributed by atoms with van der Waals surface area (Å²) in [5.41, 5.74) is 0.494. The topological polar surface area (TPSA) is 42.1 Å². The molecule has 1 rings (SSSR count). The molecule has 11 heavy (non-hydrogen) atoms. The van der Waals surface area contributed by atoms with Crippen molar-refractivity contribution in [2.24, 2.45) is 0 Å². The van der Waals surface area contributed by atoms with Crippen LogP contribution in [0.2, 0.25) is 0 Å². The molecule has 1 N–H and O–H groups in total. The zero-order chi connectivity index (χ0) is 8.27. The van der Waals surface area contributed by atoms with Gasteiger partial charge in [-0.2, -0.15) is 0 Å². The number of aromatic amines is 1. The number of nitrogens with one attached hydrogen (secondary N) is 1. The lowest BCUT2D eigenvalue weighted by atomic mass is 10.4. The highest BCUT2D eigenvalue weighted by atomic mass is 127. The molecular weight excluding hydrogens is 257 g/mol. The molecule has 0 fully saturated rings. The summed E-state index contributed by atoms with van der Waals surface area (Å²) in [7, 11) is 0. The van der Waals surface area contributed by atoms with Gasteiger partial charge >= 0.3 is 5.97 Å². The molecule has 0 bridgehead atoms. The van der Waals surface area contributed by atoms with Crippen LogP contribution in [0.5, 0.6) is 0 Å². The first-order valence-corrected chi connectivity index (χ1v) is 4.43. The Kier molecular flexibility index (Phi) is 2.92. The lowest BCUT2D eigenvalue weighted by molar-refractivity contribution is 0.0496. The molecular formula is C7H8INO2. The molecule has 0 saturated carbocycles. The Bertz CT molecular complexity index is 231. The second kappa shape index (κ2) is 3.75. The molecule has 1 atom stereocenters. The molecule has 1 unspecified atom stereocenters.